The molecule has 2 N–H and O–H groups in total. The molecule has 1 unspecified atom stereocenters. The van der Waals surface area contributed by atoms with E-state index in [9.17, 15) is 0 Å². The van der Waals surface area contributed by atoms with Gasteiger partial charge in [-0.15, -0.1) is 24.0 Å². The Kier molecular flexibility index (Phi) is 12.2. The van der Waals surface area contributed by atoms with E-state index in [-0.39, 0.29) is 30.0 Å². The van der Waals surface area contributed by atoms with Gasteiger partial charge in [-0.2, -0.15) is 0 Å². The summed E-state index contributed by atoms with van der Waals surface area (Å²) in [6, 6.07) is 6.36. The van der Waals surface area contributed by atoms with Gasteiger partial charge in [0.15, 0.2) is 17.5 Å². The summed E-state index contributed by atoms with van der Waals surface area (Å²) in [5.41, 5.74) is 2.76. The Labute approximate surface area is 210 Å². The van der Waals surface area contributed by atoms with Gasteiger partial charge in [-0.05, 0) is 49.8 Å². The van der Waals surface area contributed by atoms with Crippen LogP contribution >= 0.6 is 24.0 Å². The van der Waals surface area contributed by atoms with Crippen LogP contribution in [0.15, 0.2) is 34.8 Å². The summed E-state index contributed by atoms with van der Waals surface area (Å²) in [6.45, 7) is 4.97. The van der Waals surface area contributed by atoms with Gasteiger partial charge in [0.05, 0.1) is 33.5 Å². The van der Waals surface area contributed by atoms with Gasteiger partial charge in [-0.1, -0.05) is 17.7 Å². The fourth-order valence-electron chi connectivity index (χ4n) is 4.29. The summed E-state index contributed by atoms with van der Waals surface area (Å²) in [5, 5.41) is 7.01. The van der Waals surface area contributed by atoms with Gasteiger partial charge >= 0.3 is 0 Å². The number of ether oxygens (including phenoxy) is 3. The van der Waals surface area contributed by atoms with E-state index < -0.39 is 0 Å². The van der Waals surface area contributed by atoms with Crippen molar-refractivity contribution in [3.8, 4) is 11.5 Å². The van der Waals surface area contributed by atoms with E-state index >= 15 is 0 Å². The minimum Gasteiger partial charge on any atom is -0.493 e. The van der Waals surface area contributed by atoms with E-state index in [2.05, 4.69) is 38.7 Å². The molecule has 1 aromatic carbocycles. The standard InChI is InChI=1S/C24H38N4O3.HI/c1-25-24(26-12-11-19-7-5-4-6-8-19)27-18-21(28-13-15-31-16-14-28)20-9-10-22(29-2)23(17-20)30-3;/h7,9-10,17,21H,4-6,8,11-16,18H2,1-3H3,(H2,25,26,27);1H. The summed E-state index contributed by atoms with van der Waals surface area (Å²) in [6.07, 6.45) is 8.63. The molecule has 32 heavy (non-hydrogen) atoms. The van der Waals surface area contributed by atoms with E-state index in [1.807, 2.05) is 13.1 Å². The number of morpholine rings is 1. The molecule has 7 nitrogen and oxygen atoms in total. The van der Waals surface area contributed by atoms with E-state index in [0.717, 1.165) is 63.3 Å². The highest BCUT2D eigenvalue weighted by Gasteiger charge is 2.24. The third-order valence-corrected chi connectivity index (χ3v) is 6.09. The Morgan fingerprint density at radius 1 is 1.12 bits per heavy atom. The number of aliphatic imine (C=N–C) groups is 1. The first-order valence-corrected chi connectivity index (χ1v) is 11.4. The summed E-state index contributed by atoms with van der Waals surface area (Å²) in [5.74, 6) is 2.34. The van der Waals surface area contributed by atoms with E-state index in [4.69, 9.17) is 14.2 Å². The number of nitrogens with zero attached hydrogens (tertiary/aromatic N) is 2. The molecule has 0 amide bonds. The van der Waals surface area contributed by atoms with Gasteiger partial charge in [0.25, 0.3) is 0 Å². The molecule has 180 valence electrons. The zero-order valence-electron chi connectivity index (χ0n) is 19.7. The van der Waals surface area contributed by atoms with Crippen LogP contribution in [0.5, 0.6) is 11.5 Å². The van der Waals surface area contributed by atoms with Crippen LogP contribution in [0.2, 0.25) is 0 Å². The third-order valence-electron chi connectivity index (χ3n) is 6.09. The Morgan fingerprint density at radius 2 is 1.91 bits per heavy atom. The molecular formula is C24H39IN4O3. The summed E-state index contributed by atoms with van der Waals surface area (Å²) in [4.78, 5) is 6.89. The molecule has 1 aromatic rings. The topological polar surface area (TPSA) is 67.4 Å². The molecule has 2 aliphatic rings. The average molecular weight is 559 g/mol. The van der Waals surface area contributed by atoms with Crippen molar-refractivity contribution in [3.63, 3.8) is 0 Å². The number of hydrogen-bond acceptors (Lipinski definition) is 5. The zero-order valence-corrected chi connectivity index (χ0v) is 22.0. The van der Waals surface area contributed by atoms with Crippen molar-refractivity contribution < 1.29 is 14.2 Å². The van der Waals surface area contributed by atoms with Crippen LogP contribution in [-0.2, 0) is 4.74 Å². The minimum atomic E-state index is 0. The molecule has 1 aliphatic heterocycles. The Bertz CT molecular complexity index is 751. The van der Waals surface area contributed by atoms with Crippen molar-refractivity contribution in [3.05, 3.63) is 35.4 Å². The highest BCUT2D eigenvalue weighted by Crippen LogP contribution is 2.32. The van der Waals surface area contributed by atoms with Gasteiger partial charge < -0.3 is 24.8 Å². The molecule has 1 saturated heterocycles. The first-order valence-electron chi connectivity index (χ1n) is 11.4. The third kappa shape index (κ3) is 7.81. The molecule has 1 aliphatic carbocycles. The van der Waals surface area contributed by atoms with Gasteiger partial charge in [0, 0.05) is 33.2 Å². The summed E-state index contributed by atoms with van der Waals surface area (Å²) >= 11 is 0. The lowest BCUT2D eigenvalue weighted by atomic mass is 9.97. The Balaban J connectivity index is 0.00000363. The number of guanidine groups is 1. The monoisotopic (exact) mass is 558 g/mol. The van der Waals surface area contributed by atoms with E-state index in [0.29, 0.717) is 0 Å². The van der Waals surface area contributed by atoms with Crippen molar-refractivity contribution in [1.82, 2.24) is 15.5 Å². The highest BCUT2D eigenvalue weighted by atomic mass is 127. The maximum atomic E-state index is 5.58. The number of allylic oxidation sites excluding steroid dienone is 1. The van der Waals surface area contributed by atoms with E-state index in [1.54, 1.807) is 19.8 Å². The fourth-order valence-corrected chi connectivity index (χ4v) is 4.29. The molecule has 1 atom stereocenters. The normalized spacial score (nSPS) is 18.2. The number of halogens is 1. The van der Waals surface area contributed by atoms with Gasteiger partial charge in [0.2, 0.25) is 0 Å². The van der Waals surface area contributed by atoms with Crippen molar-refractivity contribution in [1.29, 1.82) is 0 Å². The molecule has 1 heterocycles. The maximum absolute atomic E-state index is 5.58. The second-order valence-corrected chi connectivity index (χ2v) is 8.02. The number of methoxy groups -OCH3 is 2. The van der Waals surface area contributed by atoms with Crippen LogP contribution < -0.4 is 20.1 Å². The average Bonchev–Trinajstić information content (AvgIpc) is 2.84. The summed E-state index contributed by atoms with van der Waals surface area (Å²) in [7, 11) is 5.17. The first kappa shape index (κ1) is 26.7. The van der Waals surface area contributed by atoms with Crippen molar-refractivity contribution in [2.75, 3.05) is 60.7 Å². The van der Waals surface area contributed by atoms with Crippen LogP contribution in [0.25, 0.3) is 0 Å². The number of rotatable bonds is 9. The SMILES string of the molecule is CN=C(NCCC1=CCCCC1)NCC(c1ccc(OC)c(OC)c1)N1CCOCC1.I. The van der Waals surface area contributed by atoms with Crippen LogP contribution in [0.1, 0.15) is 43.7 Å². The van der Waals surface area contributed by atoms with Crippen molar-refractivity contribution in [2.24, 2.45) is 4.99 Å². The number of hydrogen-bond donors (Lipinski definition) is 2. The molecule has 0 saturated carbocycles. The first-order chi connectivity index (χ1) is 15.2. The molecule has 0 spiro atoms. The maximum Gasteiger partial charge on any atom is 0.191 e. The van der Waals surface area contributed by atoms with Gasteiger partial charge in [-0.25, -0.2) is 0 Å². The van der Waals surface area contributed by atoms with Gasteiger partial charge in [-0.3, -0.25) is 9.89 Å². The highest BCUT2D eigenvalue weighted by molar-refractivity contribution is 14.0. The second kappa shape index (κ2) is 14.6. The predicted octanol–water partition coefficient (Wildman–Crippen LogP) is 3.75. The lowest BCUT2D eigenvalue weighted by Gasteiger charge is -2.35. The fraction of sp³-hybridized carbons (Fsp3) is 0.625. The van der Waals surface area contributed by atoms with Crippen LogP contribution in [-0.4, -0.2) is 71.5 Å². The van der Waals surface area contributed by atoms with Crippen LogP contribution in [0, 0.1) is 0 Å². The predicted molar refractivity (Wildman–Crippen MR) is 141 cm³/mol. The summed E-state index contributed by atoms with van der Waals surface area (Å²) < 4.78 is 16.5. The molecular weight excluding hydrogens is 519 g/mol. The molecule has 1 fully saturated rings. The van der Waals surface area contributed by atoms with Crippen molar-refractivity contribution >= 4 is 29.9 Å². The molecule has 8 heteroatoms. The lowest BCUT2D eigenvalue weighted by molar-refractivity contribution is 0.0169. The molecule has 0 radical (unpaired) electrons. The van der Waals surface area contributed by atoms with Crippen molar-refractivity contribution in [2.45, 2.75) is 38.1 Å². The molecule has 0 bridgehead atoms. The van der Waals surface area contributed by atoms with E-state index in [1.165, 1.54) is 31.2 Å². The Morgan fingerprint density at radius 3 is 2.56 bits per heavy atom. The molecule has 0 aromatic heterocycles. The number of nitrogens with one attached hydrogen (secondary N) is 2. The lowest BCUT2D eigenvalue weighted by Crippen LogP contribution is -2.46. The van der Waals surface area contributed by atoms with Gasteiger partial charge in [0.1, 0.15) is 0 Å². The smallest absolute Gasteiger partial charge is 0.191 e. The quantitative estimate of drug-likeness (QED) is 0.208. The van der Waals surface area contributed by atoms with Crippen LogP contribution in [0.4, 0.5) is 0 Å². The second-order valence-electron chi connectivity index (χ2n) is 8.02. The largest absolute Gasteiger partial charge is 0.493 e. The zero-order chi connectivity index (χ0) is 21.9. The molecule has 3 rings (SSSR count). The number of benzene rings is 1. The van der Waals surface area contributed by atoms with Crippen LogP contribution in [0.3, 0.4) is 0 Å². The minimum absolute atomic E-state index is 0. The Hall–Kier alpha value is -1.52.